The second-order valence-corrected chi connectivity index (χ2v) is 6.83. The molecular weight excluding hydrogens is 301 g/mol. The minimum Gasteiger partial charge on any atom is -0.372 e. The van der Waals surface area contributed by atoms with Gasteiger partial charge in [0.15, 0.2) is 13.7 Å². The molecule has 0 radical (unpaired) electrons. The van der Waals surface area contributed by atoms with Gasteiger partial charge < -0.3 is 5.11 Å². The predicted molar refractivity (Wildman–Crippen MR) is 58.6 cm³/mol. The van der Waals surface area contributed by atoms with Gasteiger partial charge in [0.05, 0.1) is 5.38 Å². The maximum absolute atomic E-state index is 9.63. The maximum atomic E-state index is 9.63. The normalized spacial score (nSPS) is 43.2. The Bertz CT molecular complexity index is 213. The van der Waals surface area contributed by atoms with Crippen LogP contribution in [-0.4, -0.2) is 24.2 Å². The van der Waals surface area contributed by atoms with Gasteiger partial charge in [-0.15, -0.1) is 11.6 Å². The summed E-state index contributed by atoms with van der Waals surface area (Å²) in [5.74, 6) is 0. The molecule has 0 bridgehead atoms. The van der Waals surface area contributed by atoms with Crippen LogP contribution < -0.4 is 0 Å². The second kappa shape index (κ2) is 3.62. The van der Waals surface area contributed by atoms with Crippen molar-refractivity contribution in [2.75, 3.05) is 0 Å². The molecule has 13 heavy (non-hydrogen) atoms. The zero-order valence-electron chi connectivity index (χ0n) is 6.21. The van der Waals surface area contributed by atoms with E-state index < -0.39 is 19.1 Å². The molecule has 1 aliphatic rings. The molecule has 1 fully saturated rings. The zero-order chi connectivity index (χ0) is 10.5. The highest BCUT2D eigenvalue weighted by Gasteiger charge is 2.65. The number of hydrogen-bond acceptors (Lipinski definition) is 1. The van der Waals surface area contributed by atoms with E-state index in [1.54, 1.807) is 0 Å². The molecule has 1 nitrogen and oxygen atoms in total. The van der Waals surface area contributed by atoms with Crippen molar-refractivity contribution in [2.45, 2.75) is 31.9 Å². The summed E-state index contributed by atoms with van der Waals surface area (Å²) in [6, 6.07) is 0. The Morgan fingerprint density at radius 1 is 1.08 bits per heavy atom. The highest BCUT2D eigenvalue weighted by molar-refractivity contribution is 6.66. The quantitative estimate of drug-likeness (QED) is 0.677. The van der Waals surface area contributed by atoms with E-state index in [4.69, 9.17) is 69.6 Å². The van der Waals surface area contributed by atoms with Crippen LogP contribution in [0.3, 0.4) is 0 Å². The van der Waals surface area contributed by atoms with Crippen molar-refractivity contribution in [2.24, 2.45) is 0 Å². The molecule has 2 unspecified atom stereocenters. The number of rotatable bonds is 0. The molecule has 0 saturated heterocycles. The van der Waals surface area contributed by atoms with Crippen molar-refractivity contribution >= 4 is 69.6 Å². The number of hydrogen-bond donors (Lipinski definition) is 1. The molecule has 0 heterocycles. The third kappa shape index (κ3) is 1.87. The van der Waals surface area contributed by atoms with Crippen molar-refractivity contribution in [1.82, 2.24) is 0 Å². The van der Waals surface area contributed by atoms with Crippen LogP contribution in [0, 0.1) is 0 Å². The van der Waals surface area contributed by atoms with Gasteiger partial charge in [0, 0.05) is 0 Å². The van der Waals surface area contributed by atoms with E-state index in [0.717, 1.165) is 0 Å². The zero-order valence-corrected chi connectivity index (χ0v) is 10.7. The summed E-state index contributed by atoms with van der Waals surface area (Å²) in [5, 5.41) is 7.13. The molecule has 2 atom stereocenters. The van der Waals surface area contributed by atoms with Crippen molar-refractivity contribution in [1.29, 1.82) is 0 Å². The Labute approximate surface area is 106 Å². The summed E-state index contributed by atoms with van der Waals surface area (Å²) < 4.78 is -3.57. The van der Waals surface area contributed by atoms with E-state index in [1.165, 1.54) is 0 Å². The molecule has 0 aromatic rings. The average molecular weight is 307 g/mol. The standard InChI is InChI=1S/C6H6Cl6O/c7-3-1-2-4(8,13)6(11,12)5(3,9)10/h3,13H,1-2H2. The maximum Gasteiger partial charge on any atom is 0.194 e. The lowest BCUT2D eigenvalue weighted by atomic mass is 9.94. The van der Waals surface area contributed by atoms with Gasteiger partial charge in [-0.25, -0.2) is 0 Å². The first-order valence-electron chi connectivity index (χ1n) is 3.44. The topological polar surface area (TPSA) is 20.2 Å². The van der Waals surface area contributed by atoms with Crippen LogP contribution in [0.2, 0.25) is 0 Å². The van der Waals surface area contributed by atoms with Gasteiger partial charge in [-0.3, -0.25) is 0 Å². The van der Waals surface area contributed by atoms with E-state index in [0.29, 0.717) is 6.42 Å². The molecular formula is C6H6Cl6O. The Morgan fingerprint density at radius 2 is 1.54 bits per heavy atom. The SMILES string of the molecule is OC1(Cl)CCC(Cl)C(Cl)(Cl)C1(Cl)Cl. The van der Waals surface area contributed by atoms with Gasteiger partial charge in [0.2, 0.25) is 0 Å². The van der Waals surface area contributed by atoms with Crippen LogP contribution in [0.4, 0.5) is 0 Å². The molecule has 1 saturated carbocycles. The summed E-state index contributed by atoms with van der Waals surface area (Å²) >= 11 is 34.7. The van der Waals surface area contributed by atoms with Crippen LogP contribution in [0.1, 0.15) is 12.8 Å². The van der Waals surface area contributed by atoms with E-state index in [9.17, 15) is 5.11 Å². The molecule has 78 valence electrons. The summed E-state index contributed by atoms with van der Waals surface area (Å²) in [6.07, 6.45) is 0.479. The Kier molecular flexibility index (Phi) is 3.56. The summed E-state index contributed by atoms with van der Waals surface area (Å²) in [6.45, 7) is 0. The first-order chi connectivity index (χ1) is 5.63. The Balaban J connectivity index is 3.07. The summed E-state index contributed by atoms with van der Waals surface area (Å²) in [5.41, 5.74) is 0. The summed E-state index contributed by atoms with van der Waals surface area (Å²) in [4.78, 5) is 0. The molecule has 0 amide bonds. The molecule has 0 spiro atoms. The van der Waals surface area contributed by atoms with Gasteiger partial charge in [-0.2, -0.15) is 0 Å². The second-order valence-electron chi connectivity index (χ2n) is 2.96. The van der Waals surface area contributed by atoms with Crippen LogP contribution >= 0.6 is 69.6 Å². The molecule has 1 N–H and O–H groups in total. The Morgan fingerprint density at radius 3 is 1.92 bits per heavy atom. The smallest absolute Gasteiger partial charge is 0.194 e. The highest BCUT2D eigenvalue weighted by Crippen LogP contribution is 2.59. The fraction of sp³-hybridized carbons (Fsp3) is 1.00. The first-order valence-corrected chi connectivity index (χ1v) is 5.76. The number of aliphatic hydroxyl groups is 1. The van der Waals surface area contributed by atoms with Crippen LogP contribution in [-0.2, 0) is 0 Å². The third-order valence-electron chi connectivity index (χ3n) is 2.02. The molecule has 0 aliphatic heterocycles. The van der Waals surface area contributed by atoms with E-state index >= 15 is 0 Å². The predicted octanol–water partition coefficient (Wildman–Crippen LogP) is 3.66. The van der Waals surface area contributed by atoms with E-state index in [2.05, 4.69) is 0 Å². The molecule has 1 aliphatic carbocycles. The lowest BCUT2D eigenvalue weighted by Gasteiger charge is -2.47. The van der Waals surface area contributed by atoms with Crippen molar-refractivity contribution in [3.05, 3.63) is 0 Å². The molecule has 0 aromatic carbocycles. The number of halogens is 6. The van der Waals surface area contributed by atoms with Crippen molar-refractivity contribution in [3.63, 3.8) is 0 Å². The first kappa shape index (κ1) is 12.8. The lowest BCUT2D eigenvalue weighted by Crippen LogP contribution is -2.60. The van der Waals surface area contributed by atoms with Gasteiger partial charge in [-0.05, 0) is 12.8 Å². The van der Waals surface area contributed by atoms with E-state index in [-0.39, 0.29) is 6.42 Å². The lowest BCUT2D eigenvalue weighted by molar-refractivity contribution is 0.0732. The summed E-state index contributed by atoms with van der Waals surface area (Å²) in [7, 11) is 0. The fourth-order valence-electron chi connectivity index (χ4n) is 1.11. The minimum atomic E-state index is -1.89. The highest BCUT2D eigenvalue weighted by atomic mass is 35.5. The van der Waals surface area contributed by atoms with Gasteiger partial charge in [0.25, 0.3) is 0 Å². The average Bonchev–Trinajstić information content (AvgIpc) is 1.97. The minimum absolute atomic E-state index is 0.136. The molecule has 1 rings (SSSR count). The Hall–Kier alpha value is 1.70. The van der Waals surface area contributed by atoms with Crippen molar-refractivity contribution in [3.8, 4) is 0 Å². The number of alkyl halides is 6. The van der Waals surface area contributed by atoms with Gasteiger partial charge in [0.1, 0.15) is 0 Å². The van der Waals surface area contributed by atoms with Crippen LogP contribution in [0.5, 0.6) is 0 Å². The van der Waals surface area contributed by atoms with Gasteiger partial charge >= 0.3 is 0 Å². The van der Waals surface area contributed by atoms with Crippen LogP contribution in [0.15, 0.2) is 0 Å². The molecule has 0 aromatic heterocycles. The largest absolute Gasteiger partial charge is 0.372 e. The van der Waals surface area contributed by atoms with Crippen LogP contribution in [0.25, 0.3) is 0 Å². The molecule has 7 heteroatoms. The van der Waals surface area contributed by atoms with E-state index in [1.807, 2.05) is 0 Å². The third-order valence-corrected chi connectivity index (χ3v) is 6.16. The van der Waals surface area contributed by atoms with Crippen molar-refractivity contribution < 1.29 is 5.11 Å². The monoisotopic (exact) mass is 304 g/mol. The fourth-order valence-corrected chi connectivity index (χ4v) is 2.83. The van der Waals surface area contributed by atoms with Gasteiger partial charge in [-0.1, -0.05) is 58.0 Å².